The molecule has 1 spiro atoms. The molecule has 10 nitrogen and oxygen atoms in total. The van der Waals surface area contributed by atoms with Gasteiger partial charge in [-0.15, -0.1) is 0 Å². The minimum absolute atomic E-state index is 0.0740. The highest BCUT2D eigenvalue weighted by molar-refractivity contribution is 6.03. The van der Waals surface area contributed by atoms with Crippen LogP contribution in [0.1, 0.15) is 56.1 Å². The largest absolute Gasteiger partial charge is 0.366 e. The standard InChI is InChI=1S/C32H37N6O4/c33-21-24-13-11-23(12-14-24)15-16-28(40)36-19-17-32(18-20-36)31(42)37(22-27(39)35-25-7-3-1-4-8-25)30(29(34)41)38(32)26-9-5-2-6-10-26/h2,5-6,9-14,16,25,30H,1,3-4,7-8,15,17-20,22H2,(H2,34,41)(H,35,39)/t30-/m0/s1. The first-order valence-electron chi connectivity index (χ1n) is 14.7. The molecule has 42 heavy (non-hydrogen) atoms. The SMILES string of the molecule is N#Cc1ccc(C[CH]C(=O)N2CCC3(CC2)C(=O)N(CC(=O)NC2CCCCC2)[C@H](C(N)=O)N3c2ccccc2)cc1. The number of anilines is 1. The molecule has 4 amide bonds. The molecule has 0 bridgehead atoms. The molecular formula is C32H37N6O4. The van der Waals surface area contributed by atoms with Crippen molar-refractivity contribution in [1.29, 1.82) is 5.26 Å². The number of rotatable bonds is 8. The summed E-state index contributed by atoms with van der Waals surface area (Å²) in [7, 11) is 0. The predicted octanol–water partition coefficient (Wildman–Crippen LogP) is 2.28. The zero-order valence-electron chi connectivity index (χ0n) is 23.7. The Morgan fingerprint density at radius 1 is 1.00 bits per heavy atom. The van der Waals surface area contributed by atoms with Gasteiger partial charge in [-0.2, -0.15) is 5.26 Å². The Morgan fingerprint density at radius 2 is 1.67 bits per heavy atom. The monoisotopic (exact) mass is 569 g/mol. The molecule has 1 atom stereocenters. The first-order valence-corrected chi connectivity index (χ1v) is 14.7. The molecule has 1 radical (unpaired) electrons. The summed E-state index contributed by atoms with van der Waals surface area (Å²) >= 11 is 0. The van der Waals surface area contributed by atoms with Gasteiger partial charge in [0.25, 0.3) is 11.8 Å². The second-order valence-electron chi connectivity index (χ2n) is 11.4. The number of hydrogen-bond acceptors (Lipinski definition) is 6. The summed E-state index contributed by atoms with van der Waals surface area (Å²) in [6.45, 7) is 0.367. The van der Waals surface area contributed by atoms with E-state index in [1.54, 1.807) is 28.4 Å². The van der Waals surface area contributed by atoms with Crippen LogP contribution in [-0.4, -0.2) is 70.8 Å². The number of carbonyl (C=O) groups is 4. The van der Waals surface area contributed by atoms with E-state index in [4.69, 9.17) is 11.0 Å². The maximum atomic E-state index is 14.2. The average Bonchev–Trinajstić information content (AvgIpc) is 3.24. The number of likely N-dealkylation sites (tertiary alicyclic amines) is 1. The zero-order chi connectivity index (χ0) is 29.7. The van der Waals surface area contributed by atoms with Crippen LogP contribution < -0.4 is 16.0 Å². The van der Waals surface area contributed by atoms with Gasteiger partial charge in [-0.3, -0.25) is 19.2 Å². The number of nitrogens with one attached hydrogen (secondary N) is 1. The van der Waals surface area contributed by atoms with Crippen LogP contribution >= 0.6 is 0 Å². The lowest BCUT2D eigenvalue weighted by atomic mass is 9.85. The summed E-state index contributed by atoms with van der Waals surface area (Å²) in [6.07, 6.45) is 6.59. The maximum Gasteiger partial charge on any atom is 0.261 e. The maximum absolute atomic E-state index is 14.2. The lowest BCUT2D eigenvalue weighted by molar-refractivity contribution is -0.141. The molecule has 2 heterocycles. The summed E-state index contributed by atoms with van der Waals surface area (Å²) in [5, 5.41) is 12.0. The van der Waals surface area contributed by atoms with Crippen molar-refractivity contribution in [3.05, 3.63) is 72.1 Å². The van der Waals surface area contributed by atoms with Crippen LogP contribution in [0.3, 0.4) is 0 Å². The molecule has 3 N–H and O–H groups in total. The minimum Gasteiger partial charge on any atom is -0.366 e. The Kier molecular flexibility index (Phi) is 8.76. The number of nitriles is 1. The Bertz CT molecular complexity index is 1340. The molecule has 1 saturated carbocycles. The number of hydrogen-bond donors (Lipinski definition) is 2. The number of para-hydroxylation sites is 1. The first kappa shape index (κ1) is 29.1. The van der Waals surface area contributed by atoms with Gasteiger partial charge in [0.2, 0.25) is 11.8 Å². The van der Waals surface area contributed by atoms with Crippen molar-refractivity contribution in [2.75, 3.05) is 24.5 Å². The molecule has 3 fully saturated rings. The van der Waals surface area contributed by atoms with Crippen LogP contribution in [0.4, 0.5) is 5.69 Å². The lowest BCUT2D eigenvalue weighted by Crippen LogP contribution is -2.59. The molecule has 1 aliphatic carbocycles. The van der Waals surface area contributed by atoms with Crippen LogP contribution in [0.15, 0.2) is 54.6 Å². The van der Waals surface area contributed by atoms with E-state index in [0.717, 1.165) is 37.7 Å². The summed E-state index contributed by atoms with van der Waals surface area (Å²) in [4.78, 5) is 58.2. The van der Waals surface area contributed by atoms with E-state index < -0.39 is 17.6 Å². The molecule has 0 unspecified atom stereocenters. The molecule has 2 saturated heterocycles. The second kappa shape index (κ2) is 12.6. The fourth-order valence-corrected chi connectivity index (χ4v) is 6.55. The predicted molar refractivity (Wildman–Crippen MR) is 156 cm³/mol. The fraction of sp³-hybridized carbons (Fsp3) is 0.438. The van der Waals surface area contributed by atoms with Gasteiger partial charge in [-0.05, 0) is 61.9 Å². The first-order chi connectivity index (χ1) is 20.3. The van der Waals surface area contributed by atoms with Crippen LogP contribution in [0.25, 0.3) is 0 Å². The van der Waals surface area contributed by atoms with Crippen molar-refractivity contribution in [3.63, 3.8) is 0 Å². The average molecular weight is 570 g/mol. The third kappa shape index (κ3) is 5.96. The Hall–Kier alpha value is -4.39. The topological polar surface area (TPSA) is 140 Å². The van der Waals surface area contributed by atoms with E-state index in [1.807, 2.05) is 42.5 Å². The van der Waals surface area contributed by atoms with Crippen LogP contribution in [0, 0.1) is 17.8 Å². The van der Waals surface area contributed by atoms with Crippen molar-refractivity contribution in [2.45, 2.75) is 69.1 Å². The van der Waals surface area contributed by atoms with Gasteiger partial charge in [0.15, 0.2) is 6.17 Å². The zero-order valence-corrected chi connectivity index (χ0v) is 23.7. The van der Waals surface area contributed by atoms with Gasteiger partial charge in [-0.1, -0.05) is 49.6 Å². The Balaban J connectivity index is 1.32. The number of amides is 4. The fourth-order valence-electron chi connectivity index (χ4n) is 6.55. The highest BCUT2D eigenvalue weighted by atomic mass is 16.2. The van der Waals surface area contributed by atoms with Crippen molar-refractivity contribution < 1.29 is 19.2 Å². The van der Waals surface area contributed by atoms with Gasteiger partial charge in [-0.25, -0.2) is 0 Å². The van der Waals surface area contributed by atoms with Gasteiger partial charge in [0.1, 0.15) is 12.1 Å². The highest BCUT2D eigenvalue weighted by Crippen LogP contribution is 2.42. The molecule has 2 aromatic rings. The minimum atomic E-state index is -1.12. The van der Waals surface area contributed by atoms with Gasteiger partial charge < -0.3 is 25.8 Å². The van der Waals surface area contributed by atoms with E-state index in [0.29, 0.717) is 43.6 Å². The van der Waals surface area contributed by atoms with E-state index in [-0.39, 0.29) is 30.3 Å². The third-order valence-electron chi connectivity index (χ3n) is 8.73. The molecule has 2 aromatic carbocycles. The molecule has 10 heteroatoms. The number of carbonyl (C=O) groups excluding carboxylic acids is 4. The van der Waals surface area contributed by atoms with Crippen molar-refractivity contribution >= 4 is 29.3 Å². The van der Waals surface area contributed by atoms with Crippen LogP contribution in [-0.2, 0) is 25.6 Å². The molecular weight excluding hydrogens is 532 g/mol. The van der Waals surface area contributed by atoms with E-state index >= 15 is 0 Å². The molecule has 5 rings (SSSR count). The van der Waals surface area contributed by atoms with Gasteiger partial charge in [0, 0.05) is 24.8 Å². The number of primary amides is 1. The number of nitrogens with two attached hydrogens (primary N) is 1. The normalized spacial score (nSPS) is 20.4. The summed E-state index contributed by atoms with van der Waals surface area (Å²) < 4.78 is 0. The van der Waals surface area contributed by atoms with E-state index in [9.17, 15) is 19.2 Å². The number of nitrogens with zero attached hydrogens (tertiary/aromatic N) is 4. The second-order valence-corrected chi connectivity index (χ2v) is 11.4. The lowest BCUT2D eigenvalue weighted by Gasteiger charge is -2.44. The van der Waals surface area contributed by atoms with Crippen molar-refractivity contribution in [3.8, 4) is 6.07 Å². The third-order valence-corrected chi connectivity index (χ3v) is 8.73. The van der Waals surface area contributed by atoms with E-state index in [1.165, 1.54) is 4.90 Å². The molecule has 3 aliphatic rings. The van der Waals surface area contributed by atoms with Crippen LogP contribution in [0.2, 0.25) is 0 Å². The number of benzene rings is 2. The molecule has 219 valence electrons. The van der Waals surface area contributed by atoms with Crippen molar-refractivity contribution in [2.24, 2.45) is 5.73 Å². The summed E-state index contributed by atoms with van der Waals surface area (Å²) in [5.74, 6) is -1.45. The van der Waals surface area contributed by atoms with E-state index in [2.05, 4.69) is 11.4 Å². The van der Waals surface area contributed by atoms with Crippen LogP contribution in [0.5, 0.6) is 0 Å². The Morgan fingerprint density at radius 3 is 2.29 bits per heavy atom. The van der Waals surface area contributed by atoms with Gasteiger partial charge >= 0.3 is 0 Å². The quantitative estimate of drug-likeness (QED) is 0.500. The van der Waals surface area contributed by atoms with Crippen molar-refractivity contribution in [1.82, 2.24) is 15.1 Å². The smallest absolute Gasteiger partial charge is 0.261 e. The molecule has 0 aromatic heterocycles. The Labute approximate surface area is 246 Å². The highest BCUT2D eigenvalue weighted by Gasteiger charge is 2.60. The summed E-state index contributed by atoms with van der Waals surface area (Å²) in [5.41, 5.74) is 6.95. The summed E-state index contributed by atoms with van der Waals surface area (Å²) in [6, 6.07) is 18.4. The number of piperidine rings is 1. The van der Waals surface area contributed by atoms with Gasteiger partial charge in [0.05, 0.1) is 18.1 Å². The molecule has 2 aliphatic heterocycles.